The Morgan fingerprint density at radius 2 is 1.18 bits per heavy atom. The molecule has 1 aromatic heterocycles. The summed E-state index contributed by atoms with van der Waals surface area (Å²) in [5, 5.41) is 9.54. The van der Waals surface area contributed by atoms with Crippen LogP contribution in [0.15, 0.2) is 202 Å². The molecule has 61 heavy (non-hydrogen) atoms. The number of hydrogen-bond donors (Lipinski definition) is 0. The second-order valence-electron chi connectivity index (χ2n) is 16.8. The van der Waals surface area contributed by atoms with Crippen molar-refractivity contribution in [1.29, 1.82) is 0 Å². The van der Waals surface area contributed by atoms with Gasteiger partial charge in [-0.3, -0.25) is 0 Å². The fourth-order valence-corrected chi connectivity index (χ4v) is 10.1. The lowest BCUT2D eigenvalue weighted by molar-refractivity contribution is 0.665. The summed E-state index contributed by atoms with van der Waals surface area (Å²) < 4.78 is 6.98. The SMILES string of the molecule is CC1C/C=C(\c2cccc3ccccc23)N=C(c2ccccc2)N=C1c1cc(C2CCc3cc4ccccc4cc3-c3ccccc32)cc2oc3cc4ccccc4cc3c12. The van der Waals surface area contributed by atoms with Gasteiger partial charge in [0, 0.05) is 39.3 Å². The molecular formula is C58H42N2O. The van der Waals surface area contributed by atoms with Crippen molar-refractivity contribution < 1.29 is 4.42 Å². The van der Waals surface area contributed by atoms with Gasteiger partial charge in [-0.15, -0.1) is 0 Å². The summed E-state index contributed by atoms with van der Waals surface area (Å²) in [4.78, 5) is 11.2. The molecule has 1 aliphatic heterocycles. The molecule has 290 valence electrons. The number of nitrogens with zero attached hydrogens (tertiary/aromatic N) is 2. The van der Waals surface area contributed by atoms with Crippen molar-refractivity contribution in [2.45, 2.75) is 32.1 Å². The third kappa shape index (κ3) is 6.11. The zero-order chi connectivity index (χ0) is 40.4. The van der Waals surface area contributed by atoms with Crippen molar-refractivity contribution in [1.82, 2.24) is 0 Å². The molecule has 0 spiro atoms. The van der Waals surface area contributed by atoms with Crippen molar-refractivity contribution in [3.05, 3.63) is 221 Å². The first-order chi connectivity index (χ1) is 30.1. The van der Waals surface area contributed by atoms with Crippen molar-refractivity contribution >= 4 is 71.5 Å². The molecule has 0 amide bonds. The summed E-state index contributed by atoms with van der Waals surface area (Å²) in [7, 11) is 0. The van der Waals surface area contributed by atoms with Gasteiger partial charge in [-0.05, 0) is 110 Å². The van der Waals surface area contributed by atoms with E-state index in [1.807, 2.05) is 0 Å². The molecule has 3 heteroatoms. The van der Waals surface area contributed by atoms with Crippen molar-refractivity contribution in [3.8, 4) is 11.1 Å². The highest BCUT2D eigenvalue weighted by Crippen LogP contribution is 2.45. The Balaban J connectivity index is 1.10. The van der Waals surface area contributed by atoms with Crippen LogP contribution in [0.3, 0.4) is 0 Å². The van der Waals surface area contributed by atoms with Gasteiger partial charge < -0.3 is 4.42 Å². The predicted molar refractivity (Wildman–Crippen MR) is 256 cm³/mol. The predicted octanol–water partition coefficient (Wildman–Crippen LogP) is 15.1. The van der Waals surface area contributed by atoms with Gasteiger partial charge in [0.1, 0.15) is 11.2 Å². The molecule has 3 nitrogen and oxygen atoms in total. The minimum absolute atomic E-state index is 0.0705. The van der Waals surface area contributed by atoms with Crippen LogP contribution in [0.1, 0.15) is 59.1 Å². The summed E-state index contributed by atoms with van der Waals surface area (Å²) in [6.07, 6.45) is 5.06. The van der Waals surface area contributed by atoms with E-state index in [0.29, 0.717) is 5.84 Å². The number of allylic oxidation sites excluding steroid dienone is 1. The average Bonchev–Trinajstić information content (AvgIpc) is 3.58. The Labute approximate surface area is 355 Å². The quantitative estimate of drug-likeness (QED) is 0.175. The van der Waals surface area contributed by atoms with E-state index in [1.165, 1.54) is 60.1 Å². The fraction of sp³-hybridized carbons (Fsp3) is 0.103. The number of hydrogen-bond acceptors (Lipinski definition) is 3. The van der Waals surface area contributed by atoms with E-state index in [-0.39, 0.29) is 11.8 Å². The van der Waals surface area contributed by atoms with Crippen LogP contribution in [-0.4, -0.2) is 11.5 Å². The molecular weight excluding hydrogens is 741 g/mol. The van der Waals surface area contributed by atoms with E-state index >= 15 is 0 Å². The molecule has 12 rings (SSSR count). The molecule has 0 N–H and O–H groups in total. The first-order valence-electron chi connectivity index (χ1n) is 21.5. The Bertz CT molecular complexity index is 3470. The summed E-state index contributed by atoms with van der Waals surface area (Å²) in [6.45, 7) is 2.32. The maximum absolute atomic E-state index is 6.98. The number of amidine groups is 1. The maximum atomic E-state index is 6.98. The molecule has 9 aromatic carbocycles. The number of aliphatic imine (C=N–C) groups is 2. The minimum Gasteiger partial charge on any atom is -0.456 e. The van der Waals surface area contributed by atoms with Crippen LogP contribution in [0.25, 0.3) is 71.1 Å². The summed E-state index contributed by atoms with van der Waals surface area (Å²) in [6, 6.07) is 66.0. The maximum Gasteiger partial charge on any atom is 0.160 e. The first kappa shape index (κ1) is 35.6. The molecule has 2 heterocycles. The number of rotatable bonds is 4. The second-order valence-corrected chi connectivity index (χ2v) is 16.8. The summed E-state index contributed by atoms with van der Waals surface area (Å²) in [5.41, 5.74) is 13.6. The number of benzene rings is 9. The van der Waals surface area contributed by atoms with Crippen LogP contribution in [0.4, 0.5) is 0 Å². The van der Waals surface area contributed by atoms with Gasteiger partial charge in [-0.1, -0.05) is 165 Å². The van der Waals surface area contributed by atoms with Gasteiger partial charge in [0.05, 0.1) is 11.4 Å². The zero-order valence-corrected chi connectivity index (χ0v) is 34.0. The van der Waals surface area contributed by atoms with Crippen LogP contribution < -0.4 is 0 Å². The number of fused-ring (bicyclic) bond motifs is 9. The fourth-order valence-electron chi connectivity index (χ4n) is 10.1. The third-order valence-corrected chi connectivity index (χ3v) is 13.1. The molecule has 2 aliphatic rings. The topological polar surface area (TPSA) is 37.9 Å². The van der Waals surface area contributed by atoms with Gasteiger partial charge in [-0.2, -0.15) is 0 Å². The van der Waals surface area contributed by atoms with E-state index in [4.69, 9.17) is 14.4 Å². The molecule has 2 atom stereocenters. The van der Waals surface area contributed by atoms with Gasteiger partial charge in [0.2, 0.25) is 0 Å². The van der Waals surface area contributed by atoms with Crippen LogP contribution in [0.5, 0.6) is 0 Å². The number of furan rings is 1. The van der Waals surface area contributed by atoms with E-state index < -0.39 is 0 Å². The van der Waals surface area contributed by atoms with Gasteiger partial charge in [0.15, 0.2) is 5.84 Å². The molecule has 0 radical (unpaired) electrons. The first-order valence-corrected chi connectivity index (χ1v) is 21.5. The molecule has 0 saturated carbocycles. The Hall–Kier alpha value is -7.36. The monoisotopic (exact) mass is 782 g/mol. The normalized spacial score (nSPS) is 17.6. The van der Waals surface area contributed by atoms with Gasteiger partial charge in [-0.25, -0.2) is 9.98 Å². The lowest BCUT2D eigenvalue weighted by atomic mass is 9.82. The van der Waals surface area contributed by atoms with Crippen molar-refractivity contribution in [2.75, 3.05) is 0 Å². The minimum atomic E-state index is 0.0705. The smallest absolute Gasteiger partial charge is 0.160 e. The highest BCUT2D eigenvalue weighted by atomic mass is 16.3. The van der Waals surface area contributed by atoms with E-state index in [2.05, 4.69) is 195 Å². The molecule has 0 saturated heterocycles. The molecule has 10 aromatic rings. The van der Waals surface area contributed by atoms with Crippen molar-refractivity contribution in [2.24, 2.45) is 15.9 Å². The molecule has 0 fully saturated rings. The zero-order valence-electron chi connectivity index (χ0n) is 34.0. The molecule has 0 bridgehead atoms. The lowest BCUT2D eigenvalue weighted by Gasteiger charge is -2.23. The molecule has 2 unspecified atom stereocenters. The highest BCUT2D eigenvalue weighted by Gasteiger charge is 2.29. The Morgan fingerprint density at radius 1 is 0.508 bits per heavy atom. The van der Waals surface area contributed by atoms with Crippen LogP contribution in [0.2, 0.25) is 0 Å². The summed E-state index contributed by atoms with van der Waals surface area (Å²) >= 11 is 0. The van der Waals surface area contributed by atoms with E-state index in [9.17, 15) is 0 Å². The lowest BCUT2D eigenvalue weighted by Crippen LogP contribution is -2.18. The largest absolute Gasteiger partial charge is 0.456 e. The third-order valence-electron chi connectivity index (χ3n) is 13.1. The standard InChI is InChI=1S/C58H42N2O/c1-36-26-29-53(49-25-13-21-37-14-9-10-22-45(37)49)59-58(38-15-3-2-4-16-38)60-57(36)52-33-44(35-55-56(52)51-32-41-19-7-8-20-42(41)34-54(51)61-55)46-28-27-43-30-39-17-5-6-18-40(39)31-50(43)48-24-12-11-23-47(46)48/h2-25,29-36,46H,26-28H2,1H3/b53-29+,59-58?,60-57?. The van der Waals surface area contributed by atoms with Gasteiger partial charge in [0.25, 0.3) is 0 Å². The average molecular weight is 783 g/mol. The van der Waals surface area contributed by atoms with E-state index in [0.717, 1.165) is 69.3 Å². The van der Waals surface area contributed by atoms with Crippen LogP contribution >= 0.6 is 0 Å². The summed E-state index contributed by atoms with van der Waals surface area (Å²) in [5.74, 6) is 0.924. The Kier molecular flexibility index (Phi) is 8.41. The number of aryl methyl sites for hydroxylation is 1. The Morgan fingerprint density at radius 3 is 2.02 bits per heavy atom. The van der Waals surface area contributed by atoms with Crippen molar-refractivity contribution in [3.63, 3.8) is 0 Å². The molecule has 1 aliphatic carbocycles. The van der Waals surface area contributed by atoms with Crippen LogP contribution in [0, 0.1) is 5.92 Å². The van der Waals surface area contributed by atoms with Gasteiger partial charge >= 0.3 is 0 Å². The highest BCUT2D eigenvalue weighted by molar-refractivity contribution is 6.24. The van der Waals surface area contributed by atoms with Crippen LogP contribution in [-0.2, 0) is 6.42 Å². The second kappa shape index (κ2) is 14.4. The van der Waals surface area contributed by atoms with E-state index in [1.54, 1.807) is 0 Å².